The predicted octanol–water partition coefficient (Wildman–Crippen LogP) is 4.64. The van der Waals surface area contributed by atoms with Crippen LogP contribution in [0.1, 0.15) is 15.2 Å². The Hall–Kier alpha value is -3.27. The first kappa shape index (κ1) is 12.1. The van der Waals surface area contributed by atoms with Gasteiger partial charge in [-0.05, 0) is 47.2 Å². The molecule has 0 N–H and O–H groups in total. The van der Waals surface area contributed by atoms with Crippen LogP contribution in [0.3, 0.4) is 0 Å². The van der Waals surface area contributed by atoms with E-state index in [2.05, 4.69) is 22.1 Å². The second-order valence-electron chi connectivity index (χ2n) is 6.49. The van der Waals surface area contributed by atoms with E-state index in [1.807, 2.05) is 31.2 Å². The van der Waals surface area contributed by atoms with Crippen molar-refractivity contribution >= 4 is 32.8 Å². The van der Waals surface area contributed by atoms with Crippen LogP contribution in [-0.4, -0.2) is 9.97 Å². The molecule has 3 aromatic heterocycles. The molecule has 0 aliphatic heterocycles. The fraction of sp³-hybridized carbons (Fsp3) is 0.136. The van der Waals surface area contributed by atoms with Crippen molar-refractivity contribution in [1.29, 1.82) is 0 Å². The third kappa shape index (κ3) is 1.99. The van der Waals surface area contributed by atoms with Gasteiger partial charge in [-0.3, -0.25) is 0 Å². The molecule has 126 valence electrons. The highest BCUT2D eigenvalue weighted by atomic mass is 16.3. The van der Waals surface area contributed by atoms with Gasteiger partial charge in [0.15, 0.2) is 5.58 Å². The average Bonchev–Trinajstić information content (AvgIpc) is 3.07. The highest BCUT2D eigenvalue weighted by Crippen LogP contribution is 2.41. The molecule has 0 bridgehead atoms. The van der Waals surface area contributed by atoms with Crippen molar-refractivity contribution < 1.29 is 13.1 Å². The van der Waals surface area contributed by atoms with Crippen molar-refractivity contribution in [1.82, 2.24) is 9.97 Å². The molecule has 0 atom stereocenters. The molecular formula is C22H18N3O+. The normalized spacial score (nSPS) is 13.8. The van der Waals surface area contributed by atoms with Gasteiger partial charge in [0, 0.05) is 26.6 Å². The fourth-order valence-electron chi connectivity index (χ4n) is 3.74. The van der Waals surface area contributed by atoms with Crippen molar-refractivity contribution in [2.24, 2.45) is 7.05 Å². The molecule has 0 spiro atoms. The van der Waals surface area contributed by atoms with Crippen molar-refractivity contribution in [2.75, 3.05) is 0 Å². The van der Waals surface area contributed by atoms with Gasteiger partial charge >= 0.3 is 5.82 Å². The summed E-state index contributed by atoms with van der Waals surface area (Å²) in [7, 11) is 1.80. The lowest BCUT2D eigenvalue weighted by Gasteiger charge is -2.09. The number of furan rings is 1. The van der Waals surface area contributed by atoms with Gasteiger partial charge in [0.1, 0.15) is 11.8 Å². The summed E-state index contributed by atoms with van der Waals surface area (Å²) in [4.78, 5) is 8.92. The molecular weight excluding hydrogens is 322 g/mol. The molecule has 4 nitrogen and oxygen atoms in total. The first-order chi connectivity index (χ1) is 13.9. The van der Waals surface area contributed by atoms with Gasteiger partial charge in [-0.15, -0.1) is 0 Å². The molecule has 0 aliphatic carbocycles. The third-order valence-electron chi connectivity index (χ3n) is 4.89. The van der Waals surface area contributed by atoms with Gasteiger partial charge in [0.05, 0.1) is 13.2 Å². The summed E-state index contributed by atoms with van der Waals surface area (Å²) in [5.74, 6) is 0.644. The molecule has 2 aromatic carbocycles. The maximum atomic E-state index is 7.65. The Morgan fingerprint density at radius 2 is 1.85 bits per heavy atom. The Balaban J connectivity index is 1.95. The molecule has 4 heteroatoms. The van der Waals surface area contributed by atoms with E-state index in [9.17, 15) is 0 Å². The van der Waals surface area contributed by atoms with Crippen LogP contribution in [-0.2, 0) is 7.05 Å². The number of hydrogen-bond donors (Lipinski definition) is 0. The monoisotopic (exact) mass is 343 g/mol. The molecule has 0 saturated heterocycles. The van der Waals surface area contributed by atoms with Crippen molar-refractivity contribution in [3.05, 3.63) is 66.1 Å². The molecule has 0 fully saturated rings. The van der Waals surface area contributed by atoms with E-state index in [1.165, 1.54) is 6.20 Å². The van der Waals surface area contributed by atoms with E-state index in [0.717, 1.165) is 32.7 Å². The number of benzene rings is 2. The number of fused-ring (bicyclic) bond motifs is 5. The maximum Gasteiger partial charge on any atom is 0.334 e. The van der Waals surface area contributed by atoms with Gasteiger partial charge in [-0.25, -0.2) is 9.55 Å². The number of hydrogen-bond acceptors (Lipinski definition) is 3. The van der Waals surface area contributed by atoms with Crippen molar-refractivity contribution in [3.63, 3.8) is 0 Å². The minimum Gasteiger partial charge on any atom is -0.437 e. The lowest BCUT2D eigenvalue weighted by atomic mass is 9.95. The number of aryl methyl sites for hydroxylation is 3. The first-order valence-corrected chi connectivity index (χ1v) is 8.41. The van der Waals surface area contributed by atoms with E-state index in [0.29, 0.717) is 17.1 Å². The van der Waals surface area contributed by atoms with Crippen LogP contribution < -0.4 is 4.57 Å². The van der Waals surface area contributed by atoms with E-state index in [-0.39, 0.29) is 5.56 Å². The third-order valence-corrected chi connectivity index (χ3v) is 4.89. The van der Waals surface area contributed by atoms with Gasteiger partial charge < -0.3 is 4.42 Å². The topological polar surface area (TPSA) is 42.8 Å². The van der Waals surface area contributed by atoms with Crippen molar-refractivity contribution in [3.8, 4) is 11.4 Å². The molecule has 0 unspecified atom stereocenters. The number of aromatic nitrogens is 3. The number of rotatable bonds is 1. The minimum atomic E-state index is -2.21. The molecule has 26 heavy (non-hydrogen) atoms. The molecule has 3 heterocycles. The SMILES string of the molecule is [2H]C([2H])([2H])c1cnc(-c2c(C)c3ccccc3c3c2oc2ncccc23)[n+](C)c1. The Morgan fingerprint density at radius 3 is 2.65 bits per heavy atom. The summed E-state index contributed by atoms with van der Waals surface area (Å²) in [5.41, 5.74) is 3.35. The lowest BCUT2D eigenvalue weighted by Crippen LogP contribution is -2.32. The Kier molecular flexibility index (Phi) is 2.50. The lowest BCUT2D eigenvalue weighted by molar-refractivity contribution is -0.663. The number of pyridine rings is 1. The average molecular weight is 343 g/mol. The summed E-state index contributed by atoms with van der Waals surface area (Å²) in [6.07, 6.45) is 4.74. The summed E-state index contributed by atoms with van der Waals surface area (Å²) < 4.78 is 30.9. The summed E-state index contributed by atoms with van der Waals surface area (Å²) in [6, 6.07) is 12.1. The predicted molar refractivity (Wildman–Crippen MR) is 103 cm³/mol. The zero-order chi connectivity index (χ0) is 20.3. The van der Waals surface area contributed by atoms with E-state index >= 15 is 0 Å². The summed E-state index contributed by atoms with van der Waals surface area (Å²) >= 11 is 0. The molecule has 5 rings (SSSR count). The molecule has 0 aliphatic rings. The fourth-order valence-corrected chi connectivity index (χ4v) is 3.74. The van der Waals surface area contributed by atoms with Crippen LogP contribution in [0, 0.1) is 13.8 Å². The molecule has 0 amide bonds. The Bertz CT molecular complexity index is 1420. The first-order valence-electron chi connectivity index (χ1n) is 9.91. The highest BCUT2D eigenvalue weighted by molar-refractivity contribution is 6.22. The Morgan fingerprint density at radius 1 is 1.04 bits per heavy atom. The molecule has 0 radical (unpaired) electrons. The largest absolute Gasteiger partial charge is 0.437 e. The smallest absolute Gasteiger partial charge is 0.334 e. The zero-order valence-corrected chi connectivity index (χ0v) is 14.4. The second-order valence-corrected chi connectivity index (χ2v) is 6.49. The van der Waals surface area contributed by atoms with Crippen LogP contribution in [0.25, 0.3) is 44.2 Å². The van der Waals surface area contributed by atoms with Crippen LogP contribution in [0.15, 0.2) is 59.4 Å². The van der Waals surface area contributed by atoms with Crippen LogP contribution in [0.2, 0.25) is 0 Å². The van der Waals surface area contributed by atoms with Crippen LogP contribution >= 0.6 is 0 Å². The second kappa shape index (κ2) is 5.36. The molecule has 0 saturated carbocycles. The maximum absolute atomic E-state index is 7.65. The minimum absolute atomic E-state index is 0.199. The highest BCUT2D eigenvalue weighted by Gasteiger charge is 2.25. The summed E-state index contributed by atoms with van der Waals surface area (Å²) in [6.45, 7) is -0.169. The van der Waals surface area contributed by atoms with Crippen LogP contribution in [0.5, 0.6) is 0 Å². The Labute approximate surface area is 155 Å². The van der Waals surface area contributed by atoms with Gasteiger partial charge in [0.25, 0.3) is 0 Å². The van der Waals surface area contributed by atoms with Gasteiger partial charge in [-0.1, -0.05) is 24.3 Å². The quantitative estimate of drug-likeness (QED) is 0.417. The number of nitrogens with zero attached hydrogens (tertiary/aromatic N) is 3. The van der Waals surface area contributed by atoms with Gasteiger partial charge in [-0.2, -0.15) is 0 Å². The van der Waals surface area contributed by atoms with E-state index in [4.69, 9.17) is 8.53 Å². The van der Waals surface area contributed by atoms with E-state index in [1.54, 1.807) is 24.0 Å². The van der Waals surface area contributed by atoms with Crippen molar-refractivity contribution in [2.45, 2.75) is 13.8 Å². The molecule has 5 aromatic rings. The van der Waals surface area contributed by atoms with E-state index < -0.39 is 6.85 Å². The van der Waals surface area contributed by atoms with Crippen LogP contribution in [0.4, 0.5) is 0 Å². The standard InChI is InChI=1S/C22H18N3O/c1-13-11-24-21(25(3)12-13)18-14(2)15-7-4-5-8-16(15)19-17-9-6-10-23-22(17)26-20(18)19/h4-12H,1-3H3/q+1/i1D3. The summed E-state index contributed by atoms with van der Waals surface area (Å²) in [5, 5.41) is 4.13. The zero-order valence-electron chi connectivity index (χ0n) is 17.4. The van der Waals surface area contributed by atoms with Gasteiger partial charge in [0.2, 0.25) is 5.71 Å².